The first-order chi connectivity index (χ1) is 17.6. The number of hydrogen-bond donors (Lipinski definition) is 1. The van der Waals surface area contributed by atoms with E-state index in [9.17, 15) is 0 Å². The van der Waals surface area contributed by atoms with Crippen LogP contribution in [0.15, 0.2) is 53.8 Å². The standard InChI is InChI=1S/C27H39N7O2Si/c1-26(2,36-20-35-17-18-37(4,5)6)22-13-10-16-33-23(22)28-29-24(33)27(14-15-27)25-30-32(3)31-34(25)19-21-11-8-7-9-12-21/h7-13,16,31H,14-15,17-20H2,1-6H3/q-1. The van der Waals surface area contributed by atoms with Gasteiger partial charge in [-0.15, -0.1) is 35.0 Å². The molecule has 0 unspecified atom stereocenters. The van der Waals surface area contributed by atoms with E-state index in [-0.39, 0.29) is 12.2 Å². The Balaban J connectivity index is 1.37. The summed E-state index contributed by atoms with van der Waals surface area (Å²) in [5.41, 5.74) is 5.52. The molecule has 0 amide bonds. The highest BCUT2D eigenvalue weighted by molar-refractivity contribution is 6.76. The van der Waals surface area contributed by atoms with Crippen molar-refractivity contribution in [3.8, 4) is 0 Å². The number of aromatic nitrogens is 3. The van der Waals surface area contributed by atoms with E-state index in [0.29, 0.717) is 6.54 Å². The Labute approximate surface area is 220 Å². The number of nitrogens with zero attached hydrogens (tertiary/aromatic N) is 6. The molecule has 2 aromatic heterocycles. The summed E-state index contributed by atoms with van der Waals surface area (Å²) in [5.74, 6) is 1.89. The van der Waals surface area contributed by atoms with Gasteiger partial charge in [0.15, 0.2) is 17.3 Å². The Morgan fingerprint density at radius 3 is 2.51 bits per heavy atom. The van der Waals surface area contributed by atoms with Gasteiger partial charge in [-0.25, -0.2) is 5.12 Å². The fourth-order valence-corrected chi connectivity index (χ4v) is 5.52. The van der Waals surface area contributed by atoms with Crippen molar-refractivity contribution in [1.29, 1.82) is 0 Å². The molecule has 1 aromatic carbocycles. The molecule has 199 valence electrons. The van der Waals surface area contributed by atoms with Crippen LogP contribution in [-0.4, -0.2) is 59.1 Å². The lowest BCUT2D eigenvalue weighted by Gasteiger charge is -2.29. The quantitative estimate of drug-likeness (QED) is 0.226. The summed E-state index contributed by atoms with van der Waals surface area (Å²) in [5, 5.41) is 18.1. The van der Waals surface area contributed by atoms with E-state index < -0.39 is 13.7 Å². The number of fused-ring (bicyclic) bond motifs is 1. The van der Waals surface area contributed by atoms with Crippen LogP contribution in [0, 0.1) is 0 Å². The molecule has 1 aliphatic heterocycles. The van der Waals surface area contributed by atoms with Crippen molar-refractivity contribution < 1.29 is 9.47 Å². The maximum absolute atomic E-state index is 6.21. The lowest BCUT2D eigenvalue weighted by atomic mass is 9.99. The second kappa shape index (κ2) is 9.83. The van der Waals surface area contributed by atoms with Crippen LogP contribution < -0.4 is 5.53 Å². The van der Waals surface area contributed by atoms with Crippen molar-refractivity contribution in [2.75, 3.05) is 20.4 Å². The average molecular weight is 522 g/mol. The topological polar surface area (TPSA) is 79.5 Å². The summed E-state index contributed by atoms with van der Waals surface area (Å²) in [6.45, 7) is 12.9. The largest absolute Gasteiger partial charge is 0.358 e. The fourth-order valence-electron chi connectivity index (χ4n) is 4.76. The third-order valence-corrected chi connectivity index (χ3v) is 8.84. The summed E-state index contributed by atoms with van der Waals surface area (Å²) < 4.78 is 14.1. The molecule has 0 spiro atoms. The van der Waals surface area contributed by atoms with Gasteiger partial charge < -0.3 is 9.47 Å². The molecule has 3 aromatic rings. The monoisotopic (exact) mass is 521 g/mol. The lowest BCUT2D eigenvalue weighted by molar-refractivity contribution is -0.128. The molecule has 10 heteroatoms. The lowest BCUT2D eigenvalue weighted by Crippen LogP contribution is -2.45. The normalized spacial score (nSPS) is 17.5. The first-order valence-corrected chi connectivity index (χ1v) is 16.8. The van der Waals surface area contributed by atoms with E-state index in [2.05, 4.69) is 83.9 Å². The van der Waals surface area contributed by atoms with Crippen LogP contribution in [0.4, 0.5) is 0 Å². The van der Waals surface area contributed by atoms with E-state index >= 15 is 0 Å². The van der Waals surface area contributed by atoms with Crippen LogP contribution in [-0.2, 0) is 27.0 Å². The SMILES string of the molecule is CN1N=C(C2(c3nnc4c(C(C)(C)OCOCC[Si-](C)(C)C)cccn34)CC2)N(Cc2ccccc2)N1. The summed E-state index contributed by atoms with van der Waals surface area (Å²) in [7, 11) is 0.795. The van der Waals surface area contributed by atoms with E-state index in [1.165, 1.54) is 5.56 Å². The summed E-state index contributed by atoms with van der Waals surface area (Å²) >= 11 is 0. The van der Waals surface area contributed by atoms with Crippen molar-refractivity contribution in [3.63, 3.8) is 0 Å². The molecular formula is C27H39N7O2Si-. The predicted molar refractivity (Wildman–Crippen MR) is 147 cm³/mol. The molecule has 9 nitrogen and oxygen atoms in total. The highest BCUT2D eigenvalue weighted by Crippen LogP contribution is 2.50. The minimum absolute atomic E-state index is 0.257. The number of pyridine rings is 1. The number of hydrogen-bond acceptors (Lipinski definition) is 8. The van der Waals surface area contributed by atoms with Crippen molar-refractivity contribution in [2.45, 2.75) is 69.9 Å². The summed E-state index contributed by atoms with van der Waals surface area (Å²) in [6.07, 6.45) is 3.99. The second-order valence-electron chi connectivity index (χ2n) is 11.8. The Kier molecular flexibility index (Phi) is 6.86. The second-order valence-corrected chi connectivity index (χ2v) is 17.5. The zero-order chi connectivity index (χ0) is 26.3. The molecule has 1 saturated carbocycles. The van der Waals surface area contributed by atoms with Gasteiger partial charge in [-0.3, -0.25) is 9.41 Å². The van der Waals surface area contributed by atoms with Crippen LogP contribution >= 0.6 is 0 Å². The maximum atomic E-state index is 6.21. The van der Waals surface area contributed by atoms with Gasteiger partial charge in [0, 0.05) is 25.4 Å². The van der Waals surface area contributed by atoms with Gasteiger partial charge in [-0.1, -0.05) is 36.4 Å². The van der Waals surface area contributed by atoms with E-state index in [1.54, 1.807) is 5.12 Å². The molecule has 5 rings (SSSR count). The van der Waals surface area contributed by atoms with Crippen LogP contribution in [0.25, 0.3) is 5.65 Å². The maximum Gasteiger partial charge on any atom is 0.166 e. The van der Waals surface area contributed by atoms with Crippen LogP contribution in [0.1, 0.15) is 43.6 Å². The van der Waals surface area contributed by atoms with Crippen LogP contribution in [0.3, 0.4) is 0 Å². The van der Waals surface area contributed by atoms with Crippen LogP contribution in [0.2, 0.25) is 25.7 Å². The van der Waals surface area contributed by atoms with Gasteiger partial charge in [0.25, 0.3) is 0 Å². The Morgan fingerprint density at radius 2 is 1.81 bits per heavy atom. The van der Waals surface area contributed by atoms with Gasteiger partial charge in [0.05, 0.1) is 17.6 Å². The number of ether oxygens (including phenoxy) is 2. The molecule has 2 aliphatic rings. The zero-order valence-corrected chi connectivity index (χ0v) is 23.9. The highest BCUT2D eigenvalue weighted by atomic mass is 28.3. The smallest absolute Gasteiger partial charge is 0.166 e. The van der Waals surface area contributed by atoms with Gasteiger partial charge in [-0.05, 0) is 38.3 Å². The molecule has 0 atom stereocenters. The number of hydrazine groups is 2. The molecule has 0 radical (unpaired) electrons. The van der Waals surface area contributed by atoms with Gasteiger partial charge in [0.2, 0.25) is 0 Å². The molecule has 0 bridgehead atoms. The van der Waals surface area contributed by atoms with Crippen LogP contribution in [0.5, 0.6) is 0 Å². The zero-order valence-electron chi connectivity index (χ0n) is 22.9. The Hall–Kier alpha value is -2.79. The van der Waals surface area contributed by atoms with Crippen molar-refractivity contribution in [3.05, 3.63) is 65.6 Å². The van der Waals surface area contributed by atoms with E-state index in [0.717, 1.165) is 48.4 Å². The van der Waals surface area contributed by atoms with E-state index in [4.69, 9.17) is 19.7 Å². The third-order valence-electron chi connectivity index (χ3n) is 7.14. The third kappa shape index (κ3) is 5.43. The number of hydrazone groups is 1. The van der Waals surface area contributed by atoms with Gasteiger partial charge in [-0.2, -0.15) is 19.6 Å². The molecule has 0 saturated heterocycles. The number of rotatable bonds is 11. The molecule has 1 aliphatic carbocycles. The number of amidine groups is 1. The van der Waals surface area contributed by atoms with E-state index in [1.807, 2.05) is 25.4 Å². The minimum atomic E-state index is -1.13. The summed E-state index contributed by atoms with van der Waals surface area (Å²) in [4.78, 5) is 0. The molecule has 3 heterocycles. The fraction of sp³-hybridized carbons (Fsp3) is 0.519. The van der Waals surface area contributed by atoms with Gasteiger partial charge >= 0.3 is 0 Å². The van der Waals surface area contributed by atoms with Crippen molar-refractivity contribution in [2.24, 2.45) is 5.10 Å². The van der Waals surface area contributed by atoms with Crippen molar-refractivity contribution >= 4 is 19.6 Å². The first kappa shape index (κ1) is 25.8. The average Bonchev–Trinajstić information content (AvgIpc) is 3.37. The molecule has 1 N–H and O–H groups in total. The molecule has 1 fully saturated rings. The minimum Gasteiger partial charge on any atom is -0.358 e. The first-order valence-electron chi connectivity index (χ1n) is 13.1. The summed E-state index contributed by atoms with van der Waals surface area (Å²) in [6, 6.07) is 15.7. The molecular weight excluding hydrogens is 482 g/mol. The molecule has 37 heavy (non-hydrogen) atoms. The van der Waals surface area contributed by atoms with Crippen molar-refractivity contribution in [1.82, 2.24) is 30.3 Å². The number of nitrogens with one attached hydrogen (secondary N) is 1. The van der Waals surface area contributed by atoms with Gasteiger partial charge in [0.1, 0.15) is 6.79 Å². The highest BCUT2D eigenvalue weighted by Gasteiger charge is 2.56. The number of benzene rings is 1. The predicted octanol–water partition coefficient (Wildman–Crippen LogP) is 4.51. The Morgan fingerprint density at radius 1 is 1.05 bits per heavy atom. The Bertz CT molecular complexity index is 1260.